The molecule has 0 amide bonds. The molecule has 1 heterocycles. The predicted molar refractivity (Wildman–Crippen MR) is 110 cm³/mol. The van der Waals surface area contributed by atoms with Crippen LogP contribution >= 0.6 is 0 Å². The van der Waals surface area contributed by atoms with Gasteiger partial charge in [0.2, 0.25) is 0 Å². The highest BCUT2D eigenvalue weighted by molar-refractivity contribution is 5.93. The molecule has 0 radical (unpaired) electrons. The first kappa shape index (κ1) is 21.3. The summed E-state index contributed by atoms with van der Waals surface area (Å²) in [5.41, 5.74) is 0.903. The van der Waals surface area contributed by atoms with Crippen LogP contribution in [0.3, 0.4) is 0 Å². The van der Waals surface area contributed by atoms with E-state index in [0.717, 1.165) is 51.0 Å². The van der Waals surface area contributed by atoms with Crippen LogP contribution < -0.4 is 20.1 Å². The Morgan fingerprint density at radius 2 is 1.89 bits per heavy atom. The second-order valence-electron chi connectivity index (χ2n) is 6.87. The van der Waals surface area contributed by atoms with E-state index in [9.17, 15) is 0 Å². The molecular formula is C20H34N4O3. The molecule has 1 aromatic rings. The molecule has 2 N–H and O–H groups in total. The molecule has 1 saturated heterocycles. The van der Waals surface area contributed by atoms with E-state index in [4.69, 9.17) is 19.2 Å². The zero-order valence-corrected chi connectivity index (χ0v) is 17.2. The van der Waals surface area contributed by atoms with E-state index in [-0.39, 0.29) is 0 Å². The number of guanidine groups is 1. The summed E-state index contributed by atoms with van der Waals surface area (Å²) in [6.07, 6.45) is 0. The van der Waals surface area contributed by atoms with Gasteiger partial charge in [0.15, 0.2) is 17.5 Å². The Bertz CT molecular complexity index is 601. The minimum atomic E-state index is 0.398. The topological polar surface area (TPSA) is 67.4 Å². The van der Waals surface area contributed by atoms with E-state index in [1.807, 2.05) is 18.2 Å². The minimum Gasteiger partial charge on any atom is -0.493 e. The van der Waals surface area contributed by atoms with Gasteiger partial charge in [0, 0.05) is 37.4 Å². The van der Waals surface area contributed by atoms with Gasteiger partial charge in [0.1, 0.15) is 0 Å². The van der Waals surface area contributed by atoms with Crippen LogP contribution in [-0.2, 0) is 4.74 Å². The third-order valence-electron chi connectivity index (χ3n) is 4.71. The highest BCUT2D eigenvalue weighted by atomic mass is 16.5. The zero-order valence-electron chi connectivity index (χ0n) is 17.2. The maximum atomic E-state index is 5.49. The largest absolute Gasteiger partial charge is 0.493 e. The van der Waals surface area contributed by atoms with Crippen LogP contribution in [0.25, 0.3) is 0 Å². The first-order chi connectivity index (χ1) is 13.1. The van der Waals surface area contributed by atoms with Gasteiger partial charge in [-0.2, -0.15) is 0 Å². The lowest BCUT2D eigenvalue weighted by Crippen LogP contribution is -2.48. The maximum Gasteiger partial charge on any atom is 0.195 e. The number of morpholine rings is 1. The lowest BCUT2D eigenvalue weighted by Gasteiger charge is -2.36. The van der Waals surface area contributed by atoms with E-state index in [2.05, 4.69) is 36.3 Å². The van der Waals surface area contributed by atoms with E-state index >= 15 is 0 Å². The second-order valence-corrected chi connectivity index (χ2v) is 6.87. The summed E-state index contributed by atoms with van der Waals surface area (Å²) in [5, 5.41) is 6.68. The third-order valence-corrected chi connectivity index (χ3v) is 4.71. The highest BCUT2D eigenvalue weighted by Crippen LogP contribution is 2.29. The average Bonchev–Trinajstić information content (AvgIpc) is 2.68. The van der Waals surface area contributed by atoms with Crippen molar-refractivity contribution in [2.75, 3.05) is 58.9 Å². The molecule has 0 spiro atoms. The van der Waals surface area contributed by atoms with Gasteiger partial charge in [-0.05, 0) is 25.0 Å². The standard InChI is InChI=1S/C20H34N4O3/c1-6-21-20(23-16-7-8-18(25-4)19(13-16)26-5)22-14-17(15(2)3)24-9-11-27-12-10-24/h7-8,13,15,17H,6,9-12,14H2,1-5H3,(H2,21,22,23). The van der Waals surface area contributed by atoms with Gasteiger partial charge in [0.25, 0.3) is 0 Å². The van der Waals surface area contributed by atoms with Crippen LogP contribution in [0, 0.1) is 5.92 Å². The van der Waals surface area contributed by atoms with Crippen LogP contribution in [0.4, 0.5) is 5.69 Å². The van der Waals surface area contributed by atoms with Crippen molar-refractivity contribution >= 4 is 11.6 Å². The number of hydrogen-bond donors (Lipinski definition) is 2. The first-order valence-electron chi connectivity index (χ1n) is 9.68. The van der Waals surface area contributed by atoms with Crippen molar-refractivity contribution in [2.45, 2.75) is 26.8 Å². The summed E-state index contributed by atoms with van der Waals surface area (Å²) in [5.74, 6) is 2.68. The fourth-order valence-corrected chi connectivity index (χ4v) is 3.20. The van der Waals surface area contributed by atoms with Crippen molar-refractivity contribution in [1.82, 2.24) is 10.2 Å². The van der Waals surface area contributed by atoms with Crippen LogP contribution in [0.1, 0.15) is 20.8 Å². The molecule has 1 unspecified atom stereocenters. The van der Waals surface area contributed by atoms with Crippen molar-refractivity contribution in [3.8, 4) is 11.5 Å². The quantitative estimate of drug-likeness (QED) is 0.535. The second kappa shape index (κ2) is 11.0. The molecule has 7 nitrogen and oxygen atoms in total. The Kier molecular flexibility index (Phi) is 8.67. The number of methoxy groups -OCH3 is 2. The number of nitrogens with one attached hydrogen (secondary N) is 2. The van der Waals surface area contributed by atoms with Crippen LogP contribution in [0.2, 0.25) is 0 Å². The Morgan fingerprint density at radius 3 is 2.48 bits per heavy atom. The molecule has 0 bridgehead atoms. The van der Waals surface area contributed by atoms with Crippen molar-refractivity contribution < 1.29 is 14.2 Å². The predicted octanol–water partition coefficient (Wildman–Crippen LogP) is 2.44. The highest BCUT2D eigenvalue weighted by Gasteiger charge is 2.23. The molecule has 1 aliphatic rings. The van der Waals surface area contributed by atoms with Crippen LogP contribution in [0.15, 0.2) is 23.2 Å². The molecule has 1 aromatic carbocycles. The Morgan fingerprint density at radius 1 is 1.19 bits per heavy atom. The SMILES string of the molecule is CCNC(=NCC(C(C)C)N1CCOCC1)Nc1ccc(OC)c(OC)c1. The molecule has 1 atom stereocenters. The van der Waals surface area contributed by atoms with E-state index < -0.39 is 0 Å². The van der Waals surface area contributed by atoms with Gasteiger partial charge < -0.3 is 24.8 Å². The third kappa shape index (κ3) is 6.29. The fourth-order valence-electron chi connectivity index (χ4n) is 3.20. The molecule has 1 fully saturated rings. The number of nitrogens with zero attached hydrogens (tertiary/aromatic N) is 2. The molecule has 7 heteroatoms. The summed E-state index contributed by atoms with van der Waals surface area (Å²) >= 11 is 0. The number of anilines is 1. The summed E-state index contributed by atoms with van der Waals surface area (Å²) in [6, 6.07) is 6.15. The summed E-state index contributed by atoms with van der Waals surface area (Å²) in [6.45, 7) is 11.6. The number of rotatable bonds is 8. The lowest BCUT2D eigenvalue weighted by molar-refractivity contribution is 0.00869. The van der Waals surface area contributed by atoms with Gasteiger partial charge in [-0.1, -0.05) is 13.8 Å². The summed E-state index contributed by atoms with van der Waals surface area (Å²) in [4.78, 5) is 7.33. The van der Waals surface area contributed by atoms with Gasteiger partial charge in [-0.15, -0.1) is 0 Å². The molecule has 0 saturated carbocycles. The maximum absolute atomic E-state index is 5.49. The molecular weight excluding hydrogens is 344 g/mol. The van der Waals surface area contributed by atoms with Crippen molar-refractivity contribution in [3.05, 3.63) is 18.2 Å². The Balaban J connectivity index is 2.10. The number of aliphatic imine (C=N–C) groups is 1. The first-order valence-corrected chi connectivity index (χ1v) is 9.68. The van der Waals surface area contributed by atoms with Gasteiger partial charge in [0.05, 0.1) is 34.0 Å². The molecule has 0 aromatic heterocycles. The number of ether oxygens (including phenoxy) is 3. The van der Waals surface area contributed by atoms with E-state index in [1.165, 1.54) is 0 Å². The van der Waals surface area contributed by atoms with Gasteiger partial charge in [-0.25, -0.2) is 0 Å². The number of hydrogen-bond acceptors (Lipinski definition) is 5. The smallest absolute Gasteiger partial charge is 0.195 e. The average molecular weight is 379 g/mol. The molecule has 2 rings (SSSR count). The van der Waals surface area contributed by atoms with Crippen molar-refractivity contribution in [2.24, 2.45) is 10.9 Å². The molecule has 27 heavy (non-hydrogen) atoms. The minimum absolute atomic E-state index is 0.398. The molecule has 1 aliphatic heterocycles. The Hall–Kier alpha value is -1.99. The fraction of sp³-hybridized carbons (Fsp3) is 0.650. The summed E-state index contributed by atoms with van der Waals surface area (Å²) in [7, 11) is 3.27. The Labute approximate surface area is 163 Å². The summed E-state index contributed by atoms with van der Waals surface area (Å²) < 4.78 is 16.2. The van der Waals surface area contributed by atoms with Crippen molar-refractivity contribution in [1.29, 1.82) is 0 Å². The monoisotopic (exact) mass is 378 g/mol. The van der Waals surface area contributed by atoms with Gasteiger partial charge in [-0.3, -0.25) is 9.89 Å². The lowest BCUT2D eigenvalue weighted by atomic mass is 10.0. The van der Waals surface area contributed by atoms with Gasteiger partial charge >= 0.3 is 0 Å². The van der Waals surface area contributed by atoms with E-state index in [1.54, 1.807) is 14.2 Å². The zero-order chi connectivity index (χ0) is 19.6. The van der Waals surface area contributed by atoms with E-state index in [0.29, 0.717) is 23.5 Å². The molecule has 0 aliphatic carbocycles. The normalized spacial score (nSPS) is 16.9. The van der Waals surface area contributed by atoms with Crippen molar-refractivity contribution in [3.63, 3.8) is 0 Å². The number of benzene rings is 1. The van der Waals surface area contributed by atoms with Crippen LogP contribution in [-0.4, -0.2) is 70.5 Å². The van der Waals surface area contributed by atoms with Crippen LogP contribution in [0.5, 0.6) is 11.5 Å². The molecule has 152 valence electrons.